The van der Waals surface area contributed by atoms with Gasteiger partial charge in [-0.25, -0.2) is 0 Å². The van der Waals surface area contributed by atoms with Crippen LogP contribution in [0.2, 0.25) is 0 Å². The predicted octanol–water partition coefficient (Wildman–Crippen LogP) is 3.16. The smallest absolute Gasteiger partial charge is 0.165 e. The lowest BCUT2D eigenvalue weighted by atomic mass is 9.73. The molecule has 1 aromatic rings. The molecule has 0 aromatic heterocycles. The van der Waals surface area contributed by atoms with Crippen LogP contribution in [0.3, 0.4) is 0 Å². The van der Waals surface area contributed by atoms with Crippen LogP contribution in [0.4, 0.5) is 0 Å². The molecule has 4 rings (SSSR count). The zero-order chi connectivity index (χ0) is 15.2. The third kappa shape index (κ3) is 2.08. The van der Waals surface area contributed by atoms with E-state index < -0.39 is 0 Å². The molecule has 120 valence electrons. The van der Waals surface area contributed by atoms with Crippen LogP contribution >= 0.6 is 0 Å². The molecule has 0 unspecified atom stereocenters. The van der Waals surface area contributed by atoms with Gasteiger partial charge in [-0.3, -0.25) is 0 Å². The van der Waals surface area contributed by atoms with Crippen LogP contribution in [0.5, 0.6) is 17.2 Å². The highest BCUT2D eigenvalue weighted by Crippen LogP contribution is 2.52. The normalized spacial score (nSPS) is 23.0. The van der Waals surface area contributed by atoms with Crippen LogP contribution in [0.15, 0.2) is 0 Å². The Morgan fingerprint density at radius 1 is 0.818 bits per heavy atom. The lowest BCUT2D eigenvalue weighted by Gasteiger charge is -2.39. The highest BCUT2D eigenvalue weighted by Gasteiger charge is 2.39. The summed E-state index contributed by atoms with van der Waals surface area (Å²) in [5.41, 5.74) is 9.71. The molecule has 3 aliphatic rings. The Hall–Kier alpha value is -1.42. The van der Waals surface area contributed by atoms with Crippen LogP contribution in [-0.2, 0) is 18.4 Å². The van der Waals surface area contributed by atoms with E-state index in [4.69, 9.17) is 15.2 Å². The Labute approximate surface area is 131 Å². The van der Waals surface area contributed by atoms with Gasteiger partial charge in [0.1, 0.15) is 5.75 Å². The zero-order valence-electron chi connectivity index (χ0n) is 13.1. The molecule has 3 N–H and O–H groups in total. The number of rotatable bonds is 1. The quantitative estimate of drug-likeness (QED) is 0.836. The largest absolute Gasteiger partial charge is 0.504 e. The number of phenols is 1. The van der Waals surface area contributed by atoms with Crippen molar-refractivity contribution < 1.29 is 14.6 Å². The predicted molar refractivity (Wildman–Crippen MR) is 84.7 cm³/mol. The fraction of sp³-hybridized carbons (Fsp3) is 0.667. The molecule has 0 spiro atoms. The van der Waals surface area contributed by atoms with Gasteiger partial charge in [0.15, 0.2) is 11.5 Å². The molecule has 0 atom stereocenters. The summed E-state index contributed by atoms with van der Waals surface area (Å²) < 4.78 is 11.9. The molecule has 0 bridgehead atoms. The van der Waals surface area contributed by atoms with Gasteiger partial charge in [0.2, 0.25) is 0 Å². The topological polar surface area (TPSA) is 64.7 Å². The Bertz CT molecular complexity index is 553. The van der Waals surface area contributed by atoms with Gasteiger partial charge in [-0.15, -0.1) is 0 Å². The Balaban J connectivity index is 1.95. The average Bonchev–Trinajstić information content (AvgIpc) is 2.56. The number of nitrogens with two attached hydrogens (primary N) is 1. The summed E-state index contributed by atoms with van der Waals surface area (Å²) in [6.45, 7) is 1.40. The fourth-order valence-corrected chi connectivity index (χ4v) is 4.38. The molecule has 0 amide bonds. The number of phenolic OH excluding ortho intramolecular Hbond substituents is 1. The maximum absolute atomic E-state index is 10.6. The average molecular weight is 303 g/mol. The highest BCUT2D eigenvalue weighted by atomic mass is 16.5. The molecule has 0 radical (unpaired) electrons. The summed E-state index contributed by atoms with van der Waals surface area (Å²) in [4.78, 5) is 0. The van der Waals surface area contributed by atoms with E-state index >= 15 is 0 Å². The van der Waals surface area contributed by atoms with Crippen LogP contribution in [0, 0.1) is 0 Å². The Kier molecular flexibility index (Phi) is 3.44. The second kappa shape index (κ2) is 5.34. The molecule has 2 heterocycles. The van der Waals surface area contributed by atoms with Gasteiger partial charge < -0.3 is 20.3 Å². The van der Waals surface area contributed by atoms with Crippen LogP contribution in [-0.4, -0.2) is 18.3 Å². The lowest BCUT2D eigenvalue weighted by Crippen LogP contribution is -2.41. The van der Waals surface area contributed by atoms with Crippen molar-refractivity contribution in [2.45, 2.75) is 63.3 Å². The summed E-state index contributed by atoms with van der Waals surface area (Å²) in [5.74, 6) is 1.85. The molecule has 2 aliphatic heterocycles. The van der Waals surface area contributed by atoms with E-state index in [1.807, 2.05) is 0 Å². The highest BCUT2D eigenvalue weighted by molar-refractivity contribution is 5.65. The van der Waals surface area contributed by atoms with Crippen molar-refractivity contribution in [2.75, 3.05) is 13.2 Å². The lowest BCUT2D eigenvalue weighted by molar-refractivity contribution is 0.232. The van der Waals surface area contributed by atoms with Crippen molar-refractivity contribution in [3.05, 3.63) is 16.7 Å². The number of aromatic hydroxyl groups is 1. The van der Waals surface area contributed by atoms with Crippen molar-refractivity contribution in [3.63, 3.8) is 0 Å². The summed E-state index contributed by atoms with van der Waals surface area (Å²) in [5, 5.41) is 10.6. The summed E-state index contributed by atoms with van der Waals surface area (Å²) in [6, 6.07) is 0. The summed E-state index contributed by atoms with van der Waals surface area (Å²) in [6.07, 6.45) is 9.29. The van der Waals surface area contributed by atoms with Gasteiger partial charge >= 0.3 is 0 Å². The second-order valence-corrected chi connectivity index (χ2v) is 6.96. The SMILES string of the molecule is NC1(c2c3c(c(O)c4c2OCCC4)OCCC3)CCCCC1. The summed E-state index contributed by atoms with van der Waals surface area (Å²) in [7, 11) is 0. The van der Waals surface area contributed by atoms with E-state index in [2.05, 4.69) is 0 Å². The second-order valence-electron chi connectivity index (χ2n) is 6.96. The maximum atomic E-state index is 10.6. The van der Waals surface area contributed by atoms with Crippen molar-refractivity contribution in [3.8, 4) is 17.2 Å². The van der Waals surface area contributed by atoms with E-state index in [0.29, 0.717) is 18.1 Å². The monoisotopic (exact) mass is 303 g/mol. The first kappa shape index (κ1) is 14.2. The third-order valence-corrected chi connectivity index (χ3v) is 5.46. The van der Waals surface area contributed by atoms with Crippen molar-refractivity contribution in [2.24, 2.45) is 5.73 Å². The molecule has 4 heteroatoms. The molecule has 4 nitrogen and oxygen atoms in total. The number of benzene rings is 1. The molecule has 1 aliphatic carbocycles. The number of ether oxygens (including phenoxy) is 2. The van der Waals surface area contributed by atoms with Crippen LogP contribution in [0.25, 0.3) is 0 Å². The number of fused-ring (bicyclic) bond motifs is 2. The Morgan fingerprint density at radius 3 is 2.18 bits per heavy atom. The van der Waals surface area contributed by atoms with Gasteiger partial charge in [0, 0.05) is 22.2 Å². The van der Waals surface area contributed by atoms with Crippen molar-refractivity contribution >= 4 is 0 Å². The van der Waals surface area contributed by atoms with Gasteiger partial charge in [-0.1, -0.05) is 19.3 Å². The minimum atomic E-state index is -0.321. The first-order valence-electron chi connectivity index (χ1n) is 8.66. The van der Waals surface area contributed by atoms with E-state index in [0.717, 1.165) is 67.6 Å². The summed E-state index contributed by atoms with van der Waals surface area (Å²) >= 11 is 0. The molecule has 1 saturated carbocycles. The molecular formula is C18H25NO3. The maximum Gasteiger partial charge on any atom is 0.165 e. The van der Waals surface area contributed by atoms with Gasteiger partial charge in [0.25, 0.3) is 0 Å². The van der Waals surface area contributed by atoms with E-state index in [1.54, 1.807) is 0 Å². The number of hydrogen-bond donors (Lipinski definition) is 2. The molecule has 0 saturated heterocycles. The van der Waals surface area contributed by atoms with E-state index in [9.17, 15) is 5.11 Å². The minimum absolute atomic E-state index is 0.299. The van der Waals surface area contributed by atoms with Gasteiger partial charge in [0.05, 0.1) is 13.2 Å². The molecule has 1 fully saturated rings. The molecular weight excluding hydrogens is 278 g/mol. The van der Waals surface area contributed by atoms with Gasteiger partial charge in [-0.05, 0) is 38.5 Å². The van der Waals surface area contributed by atoms with Crippen molar-refractivity contribution in [1.82, 2.24) is 0 Å². The Morgan fingerprint density at radius 2 is 1.45 bits per heavy atom. The standard InChI is InChI=1S/C18H25NO3/c19-18(8-2-1-3-9-18)14-12-6-4-11-22-17(12)15(20)13-7-5-10-21-16(13)14/h20H,1-11,19H2. The van der Waals surface area contributed by atoms with E-state index in [-0.39, 0.29) is 5.54 Å². The molecule has 1 aromatic carbocycles. The first-order chi connectivity index (χ1) is 10.7. The van der Waals surface area contributed by atoms with Gasteiger partial charge in [-0.2, -0.15) is 0 Å². The van der Waals surface area contributed by atoms with Crippen molar-refractivity contribution in [1.29, 1.82) is 0 Å². The number of hydrogen-bond acceptors (Lipinski definition) is 4. The zero-order valence-corrected chi connectivity index (χ0v) is 13.1. The fourth-order valence-electron chi connectivity index (χ4n) is 4.38. The first-order valence-corrected chi connectivity index (χ1v) is 8.66. The molecule has 22 heavy (non-hydrogen) atoms. The minimum Gasteiger partial charge on any atom is -0.504 e. The third-order valence-electron chi connectivity index (χ3n) is 5.46. The van der Waals surface area contributed by atoms with Crippen LogP contribution in [0.1, 0.15) is 61.6 Å². The van der Waals surface area contributed by atoms with E-state index in [1.165, 1.54) is 19.3 Å². The van der Waals surface area contributed by atoms with Crippen LogP contribution < -0.4 is 15.2 Å².